The Labute approximate surface area is 168 Å². The van der Waals surface area contributed by atoms with Crippen LogP contribution in [0.2, 0.25) is 0 Å². The first-order valence-corrected chi connectivity index (χ1v) is 12.3. The molecule has 6 nitrogen and oxygen atoms in total. The fraction of sp³-hybridized carbons (Fsp3) is 0.538. The summed E-state index contributed by atoms with van der Waals surface area (Å²) in [6, 6.07) is 11.6. The summed E-state index contributed by atoms with van der Waals surface area (Å²) < 4.78 is 0. The van der Waals surface area contributed by atoms with Crippen molar-refractivity contribution in [3.8, 4) is 0 Å². The summed E-state index contributed by atoms with van der Waals surface area (Å²) >= 11 is 7.21. The SMILES string of the molecule is CCCCCCCc1[c-]cccc1.OP(O)(O)=S.OP(O)(O)=S.[Mo]. The van der Waals surface area contributed by atoms with E-state index in [4.69, 9.17) is 29.4 Å². The van der Waals surface area contributed by atoms with Gasteiger partial charge in [-0.15, -0.1) is 0 Å². The molecule has 0 amide bonds. The van der Waals surface area contributed by atoms with Gasteiger partial charge in [-0.25, -0.2) is 0 Å². The first-order valence-electron chi connectivity index (χ1n) is 6.95. The molecule has 0 fully saturated rings. The van der Waals surface area contributed by atoms with E-state index < -0.39 is 13.4 Å². The van der Waals surface area contributed by atoms with Gasteiger partial charge in [-0.05, 0) is 23.6 Å². The Morgan fingerprint density at radius 1 is 0.875 bits per heavy atom. The first kappa shape index (κ1) is 29.7. The molecule has 0 heterocycles. The van der Waals surface area contributed by atoms with Crippen molar-refractivity contribution in [2.45, 2.75) is 45.4 Å². The van der Waals surface area contributed by atoms with Crippen LogP contribution in [0.25, 0.3) is 0 Å². The van der Waals surface area contributed by atoms with Crippen LogP contribution in [-0.4, -0.2) is 29.4 Å². The Hall–Kier alpha value is 0.968. The van der Waals surface area contributed by atoms with Crippen LogP contribution < -0.4 is 0 Å². The average Bonchev–Trinajstić information content (AvgIpc) is 2.36. The van der Waals surface area contributed by atoms with E-state index in [0.717, 1.165) is 0 Å². The van der Waals surface area contributed by atoms with E-state index in [1.807, 2.05) is 12.1 Å². The Morgan fingerprint density at radius 2 is 1.33 bits per heavy atom. The van der Waals surface area contributed by atoms with E-state index in [0.29, 0.717) is 0 Å². The monoisotopic (exact) mass is 501 g/mol. The third-order valence-corrected chi connectivity index (χ3v) is 2.32. The summed E-state index contributed by atoms with van der Waals surface area (Å²) in [6.45, 7) is -5.36. The standard InChI is InChI=1S/C13H19.Mo.2H3O3PS/c1-2-3-4-5-7-10-13-11-8-6-9-12-13;;2*1-4(2,3)5/h6,8-9,11H,2-5,7,10H2,1H3;;2*(H3,1,2,3,5)/q-1;;;. The molecule has 0 radical (unpaired) electrons. The van der Waals surface area contributed by atoms with Crippen molar-refractivity contribution < 1.29 is 50.4 Å². The van der Waals surface area contributed by atoms with Gasteiger partial charge in [0.25, 0.3) is 0 Å². The number of hydrogen-bond donors (Lipinski definition) is 6. The third kappa shape index (κ3) is 43.5. The second kappa shape index (κ2) is 17.4. The molecule has 11 heteroatoms. The fourth-order valence-electron chi connectivity index (χ4n) is 1.51. The Morgan fingerprint density at radius 3 is 1.71 bits per heavy atom. The minimum Gasteiger partial charge on any atom is -0.325 e. The van der Waals surface area contributed by atoms with Crippen molar-refractivity contribution >= 4 is 37.1 Å². The average molecular weight is 499 g/mol. The summed E-state index contributed by atoms with van der Waals surface area (Å²) in [5.74, 6) is 0. The fourth-order valence-corrected chi connectivity index (χ4v) is 1.51. The van der Waals surface area contributed by atoms with Crippen LogP contribution in [0.4, 0.5) is 0 Å². The Bertz CT molecular complexity index is 444. The van der Waals surface area contributed by atoms with E-state index in [2.05, 4.69) is 48.7 Å². The molecule has 0 aliphatic carbocycles. The van der Waals surface area contributed by atoms with Gasteiger partial charge in [0.1, 0.15) is 0 Å². The predicted octanol–water partition coefficient (Wildman–Crippen LogP) is 2.37. The van der Waals surface area contributed by atoms with E-state index in [1.54, 1.807) is 0 Å². The maximum absolute atomic E-state index is 7.56. The van der Waals surface area contributed by atoms with E-state index in [9.17, 15) is 0 Å². The number of benzene rings is 1. The van der Waals surface area contributed by atoms with E-state index in [1.165, 1.54) is 44.1 Å². The molecule has 0 saturated carbocycles. The van der Waals surface area contributed by atoms with Crippen molar-refractivity contribution in [2.75, 3.05) is 0 Å². The van der Waals surface area contributed by atoms with Gasteiger partial charge in [0.15, 0.2) is 0 Å². The summed E-state index contributed by atoms with van der Waals surface area (Å²) in [7, 11) is 0. The molecule has 0 atom stereocenters. The van der Waals surface area contributed by atoms with Gasteiger partial charge in [-0.3, -0.25) is 0 Å². The molecule has 0 aliphatic heterocycles. The second-order valence-corrected chi connectivity index (χ2v) is 9.57. The molecule has 24 heavy (non-hydrogen) atoms. The molecular formula is C13H25MoO6P2S2-. The van der Waals surface area contributed by atoms with Crippen LogP contribution in [0.1, 0.15) is 44.6 Å². The summed E-state index contributed by atoms with van der Waals surface area (Å²) in [5, 5.41) is 0. The smallest absolute Gasteiger partial charge is 0.319 e. The first-order chi connectivity index (χ1) is 10.4. The molecule has 1 rings (SSSR count). The maximum Gasteiger partial charge on any atom is 0.319 e. The largest absolute Gasteiger partial charge is 0.325 e. The topological polar surface area (TPSA) is 121 Å². The maximum atomic E-state index is 7.56. The van der Waals surface area contributed by atoms with Crippen LogP contribution in [0.3, 0.4) is 0 Å². The molecule has 1 aromatic rings. The van der Waals surface area contributed by atoms with Gasteiger partial charge in [0.05, 0.1) is 0 Å². The minimum atomic E-state index is -3.81. The van der Waals surface area contributed by atoms with Crippen molar-refractivity contribution in [3.63, 3.8) is 0 Å². The van der Waals surface area contributed by atoms with Crippen LogP contribution in [0, 0.1) is 6.07 Å². The number of hydrogen-bond acceptors (Lipinski definition) is 2. The Kier molecular flexibility index (Phi) is 21.5. The molecular weight excluding hydrogens is 474 g/mol. The third-order valence-electron chi connectivity index (χ3n) is 2.32. The molecule has 0 bridgehead atoms. The normalized spacial score (nSPS) is 10.5. The molecule has 0 spiro atoms. The summed E-state index contributed by atoms with van der Waals surface area (Å²) in [4.78, 5) is 45.3. The Balaban J connectivity index is -0.000000337. The van der Waals surface area contributed by atoms with Crippen LogP contribution in [0.15, 0.2) is 24.3 Å². The van der Waals surface area contributed by atoms with Crippen molar-refractivity contribution in [2.24, 2.45) is 0 Å². The van der Waals surface area contributed by atoms with Crippen molar-refractivity contribution in [1.29, 1.82) is 0 Å². The van der Waals surface area contributed by atoms with Gasteiger partial charge in [-0.1, -0.05) is 45.4 Å². The molecule has 0 unspecified atom stereocenters. The minimum absolute atomic E-state index is 0. The summed E-state index contributed by atoms with van der Waals surface area (Å²) in [6.07, 6.45) is 8.00. The second-order valence-electron chi connectivity index (χ2n) is 4.58. The molecule has 6 N–H and O–H groups in total. The van der Waals surface area contributed by atoms with Crippen LogP contribution >= 0.6 is 13.4 Å². The number of unbranched alkanes of at least 4 members (excludes halogenated alkanes) is 4. The zero-order valence-electron chi connectivity index (χ0n) is 13.4. The molecule has 142 valence electrons. The molecule has 0 aliphatic rings. The molecule has 0 aromatic heterocycles. The number of aryl methyl sites for hydroxylation is 1. The van der Waals surface area contributed by atoms with Gasteiger partial charge in [-0.2, -0.15) is 35.9 Å². The zero-order chi connectivity index (χ0) is 18.4. The summed E-state index contributed by atoms with van der Waals surface area (Å²) in [5.41, 5.74) is 1.36. The van der Waals surface area contributed by atoms with Crippen LogP contribution in [-0.2, 0) is 51.1 Å². The van der Waals surface area contributed by atoms with Gasteiger partial charge in [0.2, 0.25) is 0 Å². The van der Waals surface area contributed by atoms with Crippen molar-refractivity contribution in [3.05, 3.63) is 35.9 Å². The zero-order valence-corrected chi connectivity index (χ0v) is 18.8. The van der Waals surface area contributed by atoms with E-state index >= 15 is 0 Å². The molecule has 0 saturated heterocycles. The van der Waals surface area contributed by atoms with Gasteiger partial charge < -0.3 is 29.4 Å². The van der Waals surface area contributed by atoms with Crippen LogP contribution in [0.5, 0.6) is 0 Å². The van der Waals surface area contributed by atoms with Gasteiger partial charge >= 0.3 is 13.4 Å². The molecule has 1 aromatic carbocycles. The predicted molar refractivity (Wildman–Crippen MR) is 99.6 cm³/mol. The van der Waals surface area contributed by atoms with Crippen molar-refractivity contribution in [1.82, 2.24) is 0 Å². The number of rotatable bonds is 6. The quantitative estimate of drug-likeness (QED) is 0.153. The van der Waals surface area contributed by atoms with Gasteiger partial charge in [0, 0.05) is 21.1 Å². The van der Waals surface area contributed by atoms with E-state index in [-0.39, 0.29) is 21.1 Å².